The summed E-state index contributed by atoms with van der Waals surface area (Å²) in [4.78, 5) is 2.27. The van der Waals surface area contributed by atoms with Crippen molar-refractivity contribution in [2.24, 2.45) is 0 Å². The summed E-state index contributed by atoms with van der Waals surface area (Å²) >= 11 is 0. The van der Waals surface area contributed by atoms with Gasteiger partial charge in [-0.3, -0.25) is 0 Å². The van der Waals surface area contributed by atoms with Gasteiger partial charge in [0.1, 0.15) is 0 Å². The van der Waals surface area contributed by atoms with E-state index in [0.717, 1.165) is 47.9 Å². The molecule has 0 amide bonds. The largest absolute Gasteiger partial charge is 0.244 e. The van der Waals surface area contributed by atoms with Gasteiger partial charge in [0, 0.05) is 12.1 Å². The fourth-order valence-corrected chi connectivity index (χ4v) is 7.25. The minimum atomic E-state index is -3.51. The van der Waals surface area contributed by atoms with Crippen molar-refractivity contribution >= 4 is 10.0 Å². The lowest BCUT2D eigenvalue weighted by molar-refractivity contribution is 0.174. The first kappa shape index (κ1) is 17.7. The van der Waals surface area contributed by atoms with Crippen molar-refractivity contribution in [2.75, 3.05) is 0 Å². The normalized spacial score (nSPS) is 26.4. The Morgan fingerprint density at radius 1 is 0.885 bits per heavy atom. The van der Waals surface area contributed by atoms with Gasteiger partial charge in [-0.2, -0.15) is 19.3 Å². The zero-order valence-corrected chi connectivity index (χ0v) is 16.6. The van der Waals surface area contributed by atoms with Gasteiger partial charge in [0.25, 0.3) is 0 Å². The van der Waals surface area contributed by atoms with Crippen LogP contribution in [-0.2, 0) is 10.0 Å². The Morgan fingerprint density at radius 3 is 1.88 bits per heavy atom. The van der Waals surface area contributed by atoms with Crippen molar-refractivity contribution in [2.45, 2.75) is 76.4 Å². The van der Waals surface area contributed by atoms with E-state index < -0.39 is 10.0 Å². The fraction of sp³-hybridized carbons (Fsp3) is 0.579. The molecule has 3 heterocycles. The maximum Gasteiger partial charge on any atom is 0.244 e. The molecule has 1 aromatic carbocycles. The summed E-state index contributed by atoms with van der Waals surface area (Å²) in [6.07, 6.45) is 6.79. The number of nitrogens with zero attached hydrogens (tertiary/aromatic N) is 4. The highest BCUT2D eigenvalue weighted by molar-refractivity contribution is 7.89. The molecule has 0 saturated carbocycles. The second-order valence-corrected chi connectivity index (χ2v) is 9.56. The Kier molecular flexibility index (Phi) is 4.19. The molecule has 2 aromatic rings. The molecular formula is C19H26N4O2S. The standard InChI is InChI=1S/C19H26N4O2S/c1-12-9-13(2)15(4)19(14(12)3)26(24,25)22-16-5-6-17(22)11-18(10-16)23-20-7-8-21-23/h7-9,16-18H,5-6,10-11H2,1-4H3. The van der Waals surface area contributed by atoms with Crippen molar-refractivity contribution in [3.63, 3.8) is 0 Å². The van der Waals surface area contributed by atoms with Crippen LogP contribution in [0.2, 0.25) is 0 Å². The summed E-state index contributed by atoms with van der Waals surface area (Å²) in [5, 5.41) is 8.54. The van der Waals surface area contributed by atoms with Crippen LogP contribution in [0.3, 0.4) is 0 Å². The molecule has 2 saturated heterocycles. The van der Waals surface area contributed by atoms with Crippen LogP contribution in [0.4, 0.5) is 0 Å². The number of benzene rings is 1. The average molecular weight is 375 g/mol. The maximum atomic E-state index is 13.7. The third-order valence-electron chi connectivity index (χ3n) is 6.24. The van der Waals surface area contributed by atoms with E-state index in [0.29, 0.717) is 4.90 Å². The molecule has 4 rings (SSSR count). The Morgan fingerprint density at radius 2 is 1.38 bits per heavy atom. The molecule has 6 nitrogen and oxygen atoms in total. The fourth-order valence-electron chi connectivity index (χ4n) is 4.77. The molecule has 0 N–H and O–H groups in total. The predicted octanol–water partition coefficient (Wildman–Crippen LogP) is 3.07. The molecular weight excluding hydrogens is 348 g/mol. The molecule has 2 fully saturated rings. The second-order valence-electron chi connectivity index (χ2n) is 7.78. The molecule has 26 heavy (non-hydrogen) atoms. The lowest BCUT2D eigenvalue weighted by Crippen LogP contribution is -2.47. The van der Waals surface area contributed by atoms with Gasteiger partial charge < -0.3 is 0 Å². The van der Waals surface area contributed by atoms with E-state index in [-0.39, 0.29) is 18.1 Å². The van der Waals surface area contributed by atoms with E-state index in [1.54, 1.807) is 21.5 Å². The monoisotopic (exact) mass is 374 g/mol. The smallest absolute Gasteiger partial charge is 0.207 e. The molecule has 2 unspecified atom stereocenters. The van der Waals surface area contributed by atoms with E-state index in [9.17, 15) is 8.42 Å². The Bertz CT molecular complexity index is 897. The third-order valence-corrected chi connectivity index (χ3v) is 8.52. The van der Waals surface area contributed by atoms with Gasteiger partial charge in [-0.25, -0.2) is 8.42 Å². The highest BCUT2D eigenvalue weighted by Gasteiger charge is 2.48. The third kappa shape index (κ3) is 2.60. The van der Waals surface area contributed by atoms with Crippen LogP contribution in [0.25, 0.3) is 0 Å². The molecule has 2 aliphatic rings. The number of rotatable bonds is 3. The quantitative estimate of drug-likeness (QED) is 0.828. The van der Waals surface area contributed by atoms with E-state index in [4.69, 9.17) is 0 Å². The minimum absolute atomic E-state index is 0.0365. The molecule has 140 valence electrons. The van der Waals surface area contributed by atoms with Gasteiger partial charge in [0.2, 0.25) is 10.0 Å². The topological polar surface area (TPSA) is 68.1 Å². The van der Waals surface area contributed by atoms with E-state index >= 15 is 0 Å². The Hall–Kier alpha value is -1.73. The number of aromatic nitrogens is 3. The van der Waals surface area contributed by atoms with Crippen molar-refractivity contribution in [1.29, 1.82) is 0 Å². The van der Waals surface area contributed by atoms with Crippen LogP contribution in [-0.4, -0.2) is 39.8 Å². The van der Waals surface area contributed by atoms with Gasteiger partial charge in [0.05, 0.1) is 23.3 Å². The van der Waals surface area contributed by atoms with Gasteiger partial charge in [0.15, 0.2) is 0 Å². The number of piperidine rings is 1. The van der Waals surface area contributed by atoms with Crippen molar-refractivity contribution in [1.82, 2.24) is 19.3 Å². The molecule has 0 spiro atoms. The maximum absolute atomic E-state index is 13.7. The molecule has 0 radical (unpaired) electrons. The molecule has 1 aromatic heterocycles. The highest BCUT2D eigenvalue weighted by Crippen LogP contribution is 2.44. The van der Waals surface area contributed by atoms with Crippen LogP contribution >= 0.6 is 0 Å². The van der Waals surface area contributed by atoms with Gasteiger partial charge in [-0.05, 0) is 75.6 Å². The SMILES string of the molecule is Cc1cc(C)c(C)c(S(=O)(=O)N2C3CCC2CC(n2nccn2)C3)c1C. The zero-order chi connectivity index (χ0) is 18.6. The summed E-state index contributed by atoms with van der Waals surface area (Å²) < 4.78 is 29.2. The molecule has 7 heteroatoms. The van der Waals surface area contributed by atoms with Gasteiger partial charge in [-0.15, -0.1) is 0 Å². The van der Waals surface area contributed by atoms with E-state index in [2.05, 4.69) is 16.3 Å². The van der Waals surface area contributed by atoms with Crippen LogP contribution in [0.1, 0.15) is 54.0 Å². The summed E-state index contributed by atoms with van der Waals surface area (Å²) in [6.45, 7) is 7.84. The first-order chi connectivity index (χ1) is 12.3. The van der Waals surface area contributed by atoms with Crippen LogP contribution in [0, 0.1) is 27.7 Å². The van der Waals surface area contributed by atoms with E-state index in [1.807, 2.05) is 27.7 Å². The first-order valence-electron chi connectivity index (χ1n) is 9.27. The minimum Gasteiger partial charge on any atom is -0.207 e. The Labute approximate surface area is 155 Å². The summed E-state index contributed by atoms with van der Waals surface area (Å²) in [5.74, 6) is 0. The van der Waals surface area contributed by atoms with Crippen molar-refractivity contribution in [3.05, 3.63) is 40.7 Å². The summed E-state index contributed by atoms with van der Waals surface area (Å²) in [6, 6.07) is 2.34. The molecule has 2 atom stereocenters. The number of hydrogen-bond acceptors (Lipinski definition) is 4. The van der Waals surface area contributed by atoms with Crippen LogP contribution in [0.5, 0.6) is 0 Å². The number of fused-ring (bicyclic) bond motifs is 2. The van der Waals surface area contributed by atoms with Crippen molar-refractivity contribution in [3.8, 4) is 0 Å². The molecule has 0 aliphatic carbocycles. The predicted molar refractivity (Wildman–Crippen MR) is 99.5 cm³/mol. The number of sulfonamides is 1. The van der Waals surface area contributed by atoms with Crippen molar-refractivity contribution < 1.29 is 8.42 Å². The van der Waals surface area contributed by atoms with Crippen LogP contribution < -0.4 is 0 Å². The van der Waals surface area contributed by atoms with E-state index in [1.165, 1.54) is 0 Å². The Balaban J connectivity index is 1.73. The summed E-state index contributed by atoms with van der Waals surface area (Å²) in [7, 11) is -3.51. The average Bonchev–Trinajstić information content (AvgIpc) is 3.20. The molecule has 2 bridgehead atoms. The highest BCUT2D eigenvalue weighted by atomic mass is 32.2. The van der Waals surface area contributed by atoms with Gasteiger partial charge >= 0.3 is 0 Å². The van der Waals surface area contributed by atoms with Gasteiger partial charge in [-0.1, -0.05) is 6.07 Å². The number of aryl methyl sites for hydroxylation is 2. The summed E-state index contributed by atoms with van der Waals surface area (Å²) in [5.41, 5.74) is 3.83. The van der Waals surface area contributed by atoms with Crippen LogP contribution in [0.15, 0.2) is 23.4 Å². The first-order valence-corrected chi connectivity index (χ1v) is 10.7. The second kappa shape index (κ2) is 6.16. The zero-order valence-electron chi connectivity index (χ0n) is 15.8. The lowest BCUT2D eigenvalue weighted by atomic mass is 10.0. The number of hydrogen-bond donors (Lipinski definition) is 0. The molecule has 2 aliphatic heterocycles. The lowest BCUT2D eigenvalue weighted by Gasteiger charge is -2.38.